The van der Waals surface area contributed by atoms with Gasteiger partial charge in [-0.1, -0.05) is 60.1 Å². The number of nitrogens with one attached hydrogen (secondary N) is 5. The molecule has 14 nitrogen and oxygen atoms in total. The second kappa shape index (κ2) is 18.5. The van der Waals surface area contributed by atoms with Gasteiger partial charge in [-0.3, -0.25) is 24.0 Å². The number of nitrogens with two attached hydrogens (primary N) is 1. The van der Waals surface area contributed by atoms with Gasteiger partial charge in [-0.15, -0.1) is 0 Å². The van der Waals surface area contributed by atoms with Crippen LogP contribution in [0.15, 0.2) is 24.3 Å². The van der Waals surface area contributed by atoms with Gasteiger partial charge >= 0.3 is 5.97 Å². The lowest BCUT2D eigenvalue weighted by Crippen LogP contribution is -2.57. The van der Waals surface area contributed by atoms with E-state index in [2.05, 4.69) is 26.6 Å². The van der Waals surface area contributed by atoms with Crippen molar-refractivity contribution in [1.82, 2.24) is 26.6 Å². The molecule has 44 heavy (non-hydrogen) atoms. The number of hydrogen-bond donors (Lipinski definition) is 8. The average Bonchev–Trinajstić information content (AvgIpc) is 2.96. The lowest BCUT2D eigenvalue weighted by molar-refractivity contribution is -0.143. The van der Waals surface area contributed by atoms with Gasteiger partial charge in [0, 0.05) is 6.42 Å². The number of benzene rings is 1. The Bertz CT molecular complexity index is 1140. The average molecular weight is 621 g/mol. The molecule has 0 saturated heterocycles. The second-order valence-electron chi connectivity index (χ2n) is 11.7. The molecule has 5 amide bonds. The zero-order chi connectivity index (χ0) is 33.6. The first kappa shape index (κ1) is 37.8. The molecule has 0 heterocycles. The van der Waals surface area contributed by atoms with Crippen molar-refractivity contribution in [3.63, 3.8) is 0 Å². The summed E-state index contributed by atoms with van der Waals surface area (Å²) in [5.74, 6) is -4.91. The van der Waals surface area contributed by atoms with E-state index >= 15 is 0 Å². The molecule has 1 aromatic carbocycles. The summed E-state index contributed by atoms with van der Waals surface area (Å²) in [5.41, 5.74) is 6.73. The highest BCUT2D eigenvalue weighted by Crippen LogP contribution is 2.13. The molecule has 0 spiro atoms. The maximum absolute atomic E-state index is 13.4. The SMILES string of the molecule is CC[C@H](C)[C@H](N)C(=O)N[C@@H](Cc1ccc(O)cc1)C(=O)N[C@@H](CC(C)C)C(=O)NCC(=O)NCC(=O)N[C@H](C(=O)O)C(C)C. The van der Waals surface area contributed by atoms with Gasteiger partial charge in [-0.05, 0) is 41.9 Å². The maximum atomic E-state index is 13.4. The normalized spacial score (nSPS) is 14.5. The van der Waals surface area contributed by atoms with E-state index in [1.807, 2.05) is 27.7 Å². The molecule has 0 aliphatic rings. The Balaban J connectivity index is 2.92. The third kappa shape index (κ3) is 13.4. The number of hydrogen-bond acceptors (Lipinski definition) is 8. The molecule has 246 valence electrons. The molecular formula is C30H48N6O8. The topological polar surface area (TPSA) is 229 Å². The lowest BCUT2D eigenvalue weighted by Gasteiger charge is -2.26. The molecule has 0 aliphatic carbocycles. The molecular weight excluding hydrogens is 572 g/mol. The lowest BCUT2D eigenvalue weighted by atomic mass is 9.97. The fraction of sp³-hybridized carbons (Fsp3) is 0.600. The summed E-state index contributed by atoms with van der Waals surface area (Å²) >= 11 is 0. The van der Waals surface area contributed by atoms with E-state index < -0.39 is 72.8 Å². The van der Waals surface area contributed by atoms with Crippen LogP contribution in [0.4, 0.5) is 0 Å². The summed E-state index contributed by atoms with van der Waals surface area (Å²) in [6, 6.07) is 2.01. The molecule has 14 heteroatoms. The fourth-order valence-corrected chi connectivity index (χ4v) is 4.10. The Labute approximate surface area is 258 Å². The minimum atomic E-state index is -1.20. The van der Waals surface area contributed by atoms with Gasteiger partial charge in [0.25, 0.3) is 0 Å². The van der Waals surface area contributed by atoms with Crippen LogP contribution in [0.5, 0.6) is 5.75 Å². The Morgan fingerprint density at radius 3 is 1.86 bits per heavy atom. The molecule has 0 unspecified atom stereocenters. The van der Waals surface area contributed by atoms with Crippen LogP contribution in [0, 0.1) is 17.8 Å². The van der Waals surface area contributed by atoms with Crippen LogP contribution >= 0.6 is 0 Å². The van der Waals surface area contributed by atoms with Crippen molar-refractivity contribution < 1.29 is 39.0 Å². The number of carboxylic acid groups (broad SMARTS) is 1. The zero-order valence-electron chi connectivity index (χ0n) is 26.3. The molecule has 9 N–H and O–H groups in total. The van der Waals surface area contributed by atoms with Gasteiger partial charge < -0.3 is 42.5 Å². The van der Waals surface area contributed by atoms with Gasteiger partial charge in [-0.25, -0.2) is 4.79 Å². The largest absolute Gasteiger partial charge is 0.508 e. The third-order valence-electron chi connectivity index (χ3n) is 7.03. The Hall–Kier alpha value is -4.20. The fourth-order valence-electron chi connectivity index (χ4n) is 4.10. The van der Waals surface area contributed by atoms with Crippen LogP contribution in [0.25, 0.3) is 0 Å². The van der Waals surface area contributed by atoms with Crippen LogP contribution in [0.1, 0.15) is 59.9 Å². The number of phenols is 1. The predicted octanol–water partition coefficient (Wildman–Crippen LogP) is -0.218. The summed E-state index contributed by atoms with van der Waals surface area (Å²) in [6.45, 7) is 9.68. The monoisotopic (exact) mass is 620 g/mol. The van der Waals surface area contributed by atoms with E-state index in [0.717, 1.165) is 0 Å². The van der Waals surface area contributed by atoms with Gasteiger partial charge in [-0.2, -0.15) is 0 Å². The highest BCUT2D eigenvalue weighted by Gasteiger charge is 2.30. The molecule has 0 radical (unpaired) electrons. The van der Waals surface area contributed by atoms with Gasteiger partial charge in [0.15, 0.2) is 0 Å². The molecule has 0 fully saturated rings. The van der Waals surface area contributed by atoms with Gasteiger partial charge in [0.05, 0.1) is 19.1 Å². The number of carbonyl (C=O) groups is 6. The molecule has 0 aliphatic heterocycles. The molecule has 0 bridgehead atoms. The van der Waals surface area contributed by atoms with Crippen molar-refractivity contribution in [3.05, 3.63) is 29.8 Å². The first-order valence-corrected chi connectivity index (χ1v) is 14.8. The van der Waals surface area contributed by atoms with Crippen molar-refractivity contribution in [2.75, 3.05) is 13.1 Å². The number of carbonyl (C=O) groups excluding carboxylic acids is 5. The molecule has 0 saturated carbocycles. The van der Waals surface area contributed by atoms with Crippen molar-refractivity contribution in [1.29, 1.82) is 0 Å². The van der Waals surface area contributed by atoms with Gasteiger partial charge in [0.2, 0.25) is 29.5 Å². The van der Waals surface area contributed by atoms with E-state index in [4.69, 9.17) is 5.73 Å². The summed E-state index contributed by atoms with van der Waals surface area (Å²) < 4.78 is 0. The molecule has 1 rings (SSSR count). The quantitative estimate of drug-likeness (QED) is 0.108. The first-order valence-electron chi connectivity index (χ1n) is 14.8. The van der Waals surface area contributed by atoms with E-state index in [0.29, 0.717) is 12.0 Å². The van der Waals surface area contributed by atoms with E-state index in [9.17, 15) is 39.0 Å². The van der Waals surface area contributed by atoms with Crippen LogP contribution in [-0.4, -0.2) is 83.0 Å². The maximum Gasteiger partial charge on any atom is 0.326 e. The Kier molecular flexibility index (Phi) is 15.9. The standard InChI is InChI=1S/C30H48N6O8/c1-7-18(6)25(31)29(42)35-22(13-19-8-10-20(37)11-9-19)28(41)34-21(12-16(2)3)27(40)33-14-23(38)32-15-24(39)36-26(17(4)5)30(43)44/h8-11,16-18,21-22,25-26,37H,7,12-15,31H2,1-6H3,(H,32,38)(H,33,40)(H,34,41)(H,35,42)(H,36,39)(H,43,44)/t18-,21-,22-,25-,26-/m0/s1. The van der Waals surface area contributed by atoms with Crippen LogP contribution in [0.3, 0.4) is 0 Å². The smallest absolute Gasteiger partial charge is 0.326 e. The number of carboxylic acids is 1. The van der Waals surface area contributed by atoms with Crippen LogP contribution in [0.2, 0.25) is 0 Å². The number of amides is 5. The van der Waals surface area contributed by atoms with Crippen molar-refractivity contribution in [2.24, 2.45) is 23.5 Å². The zero-order valence-corrected chi connectivity index (χ0v) is 26.3. The van der Waals surface area contributed by atoms with Crippen molar-refractivity contribution in [2.45, 2.75) is 85.0 Å². The van der Waals surface area contributed by atoms with Crippen molar-refractivity contribution >= 4 is 35.5 Å². The third-order valence-corrected chi connectivity index (χ3v) is 7.03. The first-order chi connectivity index (χ1) is 20.5. The number of rotatable bonds is 18. The Morgan fingerprint density at radius 2 is 1.34 bits per heavy atom. The molecule has 1 aromatic rings. The number of aliphatic carboxylic acids is 1. The van der Waals surface area contributed by atoms with Crippen LogP contribution < -0.4 is 32.3 Å². The van der Waals surface area contributed by atoms with Gasteiger partial charge in [0.1, 0.15) is 23.9 Å². The molecule has 5 atom stereocenters. The molecule has 0 aromatic heterocycles. The second-order valence-corrected chi connectivity index (χ2v) is 11.7. The van der Waals surface area contributed by atoms with Crippen molar-refractivity contribution in [3.8, 4) is 5.75 Å². The summed E-state index contributed by atoms with van der Waals surface area (Å²) in [7, 11) is 0. The van der Waals surface area contributed by atoms with E-state index in [1.165, 1.54) is 12.1 Å². The highest BCUT2D eigenvalue weighted by molar-refractivity contribution is 5.95. The number of phenolic OH excluding ortho intramolecular Hbond substituents is 1. The van der Waals surface area contributed by atoms with Crippen LogP contribution in [-0.2, 0) is 35.2 Å². The predicted molar refractivity (Wildman–Crippen MR) is 163 cm³/mol. The minimum absolute atomic E-state index is 0.0318. The summed E-state index contributed by atoms with van der Waals surface area (Å²) in [4.78, 5) is 75.0. The highest BCUT2D eigenvalue weighted by atomic mass is 16.4. The minimum Gasteiger partial charge on any atom is -0.508 e. The number of aromatic hydroxyl groups is 1. The van der Waals surface area contributed by atoms with E-state index in [-0.39, 0.29) is 36.3 Å². The summed E-state index contributed by atoms with van der Waals surface area (Å²) in [6.07, 6.45) is 0.934. The van der Waals surface area contributed by atoms with E-state index in [1.54, 1.807) is 26.0 Å². The summed E-state index contributed by atoms with van der Waals surface area (Å²) in [5, 5.41) is 31.3. The Morgan fingerprint density at radius 1 is 0.773 bits per heavy atom.